The van der Waals surface area contributed by atoms with Crippen LogP contribution in [0.15, 0.2) is 0 Å². The largest absolute Gasteiger partial charge is 0.389 e. The first kappa shape index (κ1) is 16.2. The summed E-state index contributed by atoms with van der Waals surface area (Å²) in [6, 6.07) is 0.0176. The first-order chi connectivity index (χ1) is 9.11. The SMILES string of the molecule is CC1(C)CCC(O)(CNC2CCCC2S(C)(=O)=O)CC1. The van der Waals surface area contributed by atoms with E-state index in [1.165, 1.54) is 6.26 Å². The zero-order chi connectivity index (χ0) is 15.0. The molecule has 0 aromatic carbocycles. The van der Waals surface area contributed by atoms with Crippen LogP contribution in [0.4, 0.5) is 0 Å². The number of hydrogen-bond acceptors (Lipinski definition) is 4. The molecule has 2 rings (SSSR count). The summed E-state index contributed by atoms with van der Waals surface area (Å²) in [4.78, 5) is 0. The Morgan fingerprint density at radius 1 is 1.15 bits per heavy atom. The van der Waals surface area contributed by atoms with Crippen LogP contribution in [0.2, 0.25) is 0 Å². The molecule has 0 aliphatic heterocycles. The van der Waals surface area contributed by atoms with Crippen LogP contribution in [0, 0.1) is 5.41 Å². The highest BCUT2D eigenvalue weighted by Crippen LogP contribution is 2.40. The summed E-state index contributed by atoms with van der Waals surface area (Å²) in [5.41, 5.74) is -0.324. The van der Waals surface area contributed by atoms with Crippen molar-refractivity contribution in [3.63, 3.8) is 0 Å². The minimum absolute atomic E-state index is 0.0176. The molecule has 0 aromatic heterocycles. The lowest BCUT2D eigenvalue weighted by molar-refractivity contribution is -0.0258. The van der Waals surface area contributed by atoms with Crippen molar-refractivity contribution in [2.24, 2.45) is 5.41 Å². The fourth-order valence-corrected chi connectivity index (χ4v) is 4.99. The maximum atomic E-state index is 11.8. The summed E-state index contributed by atoms with van der Waals surface area (Å²) in [6.07, 6.45) is 7.63. The summed E-state index contributed by atoms with van der Waals surface area (Å²) in [5, 5.41) is 13.7. The van der Waals surface area contributed by atoms with Crippen LogP contribution in [-0.2, 0) is 9.84 Å². The van der Waals surface area contributed by atoms with E-state index in [9.17, 15) is 13.5 Å². The molecule has 5 heteroatoms. The molecule has 20 heavy (non-hydrogen) atoms. The average Bonchev–Trinajstić information content (AvgIpc) is 2.80. The molecule has 2 atom stereocenters. The maximum absolute atomic E-state index is 11.8. The van der Waals surface area contributed by atoms with Gasteiger partial charge in [0.25, 0.3) is 0 Å². The first-order valence-electron chi connectivity index (χ1n) is 7.76. The molecular formula is C15H29NO3S. The second kappa shape index (κ2) is 5.58. The van der Waals surface area contributed by atoms with E-state index in [1.54, 1.807) is 0 Å². The highest BCUT2D eigenvalue weighted by molar-refractivity contribution is 7.91. The Morgan fingerprint density at radius 3 is 2.30 bits per heavy atom. The summed E-state index contributed by atoms with van der Waals surface area (Å²) in [5.74, 6) is 0. The van der Waals surface area contributed by atoms with Crippen molar-refractivity contribution in [1.29, 1.82) is 0 Å². The van der Waals surface area contributed by atoms with E-state index in [-0.39, 0.29) is 11.3 Å². The Kier molecular flexibility index (Phi) is 4.53. The number of hydrogen-bond donors (Lipinski definition) is 2. The molecule has 2 aliphatic rings. The summed E-state index contributed by atoms with van der Waals surface area (Å²) < 4.78 is 23.5. The van der Waals surface area contributed by atoms with Gasteiger partial charge in [-0.15, -0.1) is 0 Å². The van der Waals surface area contributed by atoms with Gasteiger partial charge in [0.15, 0.2) is 9.84 Å². The molecule has 2 N–H and O–H groups in total. The highest BCUT2D eigenvalue weighted by Gasteiger charge is 2.39. The Labute approximate surface area is 123 Å². The average molecular weight is 303 g/mol. The molecule has 0 aromatic rings. The number of nitrogens with one attached hydrogen (secondary N) is 1. The standard InChI is InChI=1S/C15H29NO3S/c1-14(2)7-9-15(17,10-8-14)11-16-12-5-4-6-13(12)20(3,18)19/h12-13,16-17H,4-11H2,1-3H3. The molecule has 118 valence electrons. The van der Waals surface area contributed by atoms with Gasteiger partial charge in [0.2, 0.25) is 0 Å². The Morgan fingerprint density at radius 2 is 1.75 bits per heavy atom. The van der Waals surface area contributed by atoms with Crippen LogP contribution in [0.25, 0.3) is 0 Å². The van der Waals surface area contributed by atoms with Crippen molar-refractivity contribution in [3.8, 4) is 0 Å². The molecule has 2 aliphatic carbocycles. The van der Waals surface area contributed by atoms with E-state index in [0.29, 0.717) is 12.0 Å². The third-order valence-electron chi connectivity index (χ3n) is 5.23. The zero-order valence-corrected chi connectivity index (χ0v) is 13.8. The monoisotopic (exact) mass is 303 g/mol. The predicted octanol–water partition coefficient (Wildman–Crippen LogP) is 1.87. The molecule has 0 saturated heterocycles. The van der Waals surface area contributed by atoms with E-state index in [4.69, 9.17) is 0 Å². The van der Waals surface area contributed by atoms with E-state index in [2.05, 4.69) is 19.2 Å². The number of aliphatic hydroxyl groups is 1. The molecule has 2 unspecified atom stereocenters. The van der Waals surface area contributed by atoms with Crippen LogP contribution in [0.5, 0.6) is 0 Å². The fourth-order valence-electron chi connectivity index (χ4n) is 3.56. The number of rotatable bonds is 4. The number of sulfone groups is 1. The predicted molar refractivity (Wildman–Crippen MR) is 81.5 cm³/mol. The lowest BCUT2D eigenvalue weighted by atomic mass is 9.71. The minimum atomic E-state index is -2.99. The van der Waals surface area contributed by atoms with Crippen LogP contribution < -0.4 is 5.32 Å². The van der Waals surface area contributed by atoms with Gasteiger partial charge in [0, 0.05) is 18.8 Å². The van der Waals surface area contributed by atoms with E-state index < -0.39 is 15.4 Å². The second-order valence-electron chi connectivity index (χ2n) is 7.67. The summed E-state index contributed by atoms with van der Waals surface area (Å²) in [6.45, 7) is 5.02. The van der Waals surface area contributed by atoms with Gasteiger partial charge >= 0.3 is 0 Å². The molecule has 4 nitrogen and oxygen atoms in total. The Balaban J connectivity index is 1.89. The molecule has 2 fully saturated rings. The van der Waals surface area contributed by atoms with Crippen molar-refractivity contribution in [2.45, 2.75) is 75.7 Å². The topological polar surface area (TPSA) is 66.4 Å². The third kappa shape index (κ3) is 3.95. The molecular weight excluding hydrogens is 274 g/mol. The molecule has 0 heterocycles. The van der Waals surface area contributed by atoms with Crippen molar-refractivity contribution in [2.75, 3.05) is 12.8 Å². The normalized spacial score (nSPS) is 33.2. The van der Waals surface area contributed by atoms with Crippen molar-refractivity contribution in [3.05, 3.63) is 0 Å². The molecule has 2 saturated carbocycles. The van der Waals surface area contributed by atoms with Crippen LogP contribution in [0.1, 0.15) is 58.8 Å². The second-order valence-corrected chi connectivity index (χ2v) is 9.94. The lowest BCUT2D eigenvalue weighted by Crippen LogP contribution is -2.50. The lowest BCUT2D eigenvalue weighted by Gasteiger charge is -2.41. The van der Waals surface area contributed by atoms with Gasteiger partial charge in [-0.3, -0.25) is 0 Å². The van der Waals surface area contributed by atoms with Gasteiger partial charge in [-0.25, -0.2) is 8.42 Å². The Hall–Kier alpha value is -0.130. The van der Waals surface area contributed by atoms with Gasteiger partial charge in [-0.1, -0.05) is 20.3 Å². The van der Waals surface area contributed by atoms with Crippen molar-refractivity contribution in [1.82, 2.24) is 5.32 Å². The van der Waals surface area contributed by atoms with Crippen LogP contribution in [0.3, 0.4) is 0 Å². The van der Waals surface area contributed by atoms with Gasteiger partial charge < -0.3 is 10.4 Å². The first-order valence-corrected chi connectivity index (χ1v) is 9.72. The molecule has 0 amide bonds. The van der Waals surface area contributed by atoms with Gasteiger partial charge in [0.05, 0.1) is 10.9 Å². The van der Waals surface area contributed by atoms with Gasteiger partial charge in [-0.2, -0.15) is 0 Å². The van der Waals surface area contributed by atoms with Crippen molar-refractivity contribution < 1.29 is 13.5 Å². The van der Waals surface area contributed by atoms with E-state index >= 15 is 0 Å². The summed E-state index contributed by atoms with van der Waals surface area (Å²) >= 11 is 0. The zero-order valence-electron chi connectivity index (χ0n) is 13.0. The maximum Gasteiger partial charge on any atom is 0.151 e. The molecule has 0 radical (unpaired) electrons. The highest BCUT2D eigenvalue weighted by atomic mass is 32.2. The van der Waals surface area contributed by atoms with Crippen LogP contribution in [-0.4, -0.2) is 43.2 Å². The van der Waals surface area contributed by atoms with Gasteiger partial charge in [-0.05, 0) is 43.9 Å². The molecule has 0 bridgehead atoms. The minimum Gasteiger partial charge on any atom is -0.389 e. The van der Waals surface area contributed by atoms with Crippen molar-refractivity contribution >= 4 is 9.84 Å². The molecule has 0 spiro atoms. The summed E-state index contributed by atoms with van der Waals surface area (Å²) in [7, 11) is -2.99. The van der Waals surface area contributed by atoms with E-state index in [0.717, 1.165) is 44.9 Å². The Bertz CT molecular complexity index is 434. The van der Waals surface area contributed by atoms with Gasteiger partial charge in [0.1, 0.15) is 0 Å². The fraction of sp³-hybridized carbons (Fsp3) is 1.00. The van der Waals surface area contributed by atoms with E-state index in [1.807, 2.05) is 0 Å². The quantitative estimate of drug-likeness (QED) is 0.832. The third-order valence-corrected chi connectivity index (χ3v) is 6.89. The smallest absolute Gasteiger partial charge is 0.151 e. The van der Waals surface area contributed by atoms with Crippen LogP contribution >= 0.6 is 0 Å².